The summed E-state index contributed by atoms with van der Waals surface area (Å²) >= 11 is 0. The van der Waals surface area contributed by atoms with E-state index in [0.717, 1.165) is 25.6 Å². The zero-order chi connectivity index (χ0) is 12.5. The minimum Gasteiger partial charge on any atom is -0.385 e. The van der Waals surface area contributed by atoms with Crippen molar-refractivity contribution in [2.75, 3.05) is 20.3 Å². The Balaban J connectivity index is 2.09. The average molecular weight is 243 g/mol. The SMILES string of the molecule is CCCNC1CCC(OC(C)CCOC)CC1. The van der Waals surface area contributed by atoms with Gasteiger partial charge in [0.2, 0.25) is 0 Å². The molecule has 1 aliphatic rings. The van der Waals surface area contributed by atoms with E-state index in [0.29, 0.717) is 12.2 Å². The molecule has 0 aliphatic heterocycles. The van der Waals surface area contributed by atoms with E-state index in [2.05, 4.69) is 19.2 Å². The highest BCUT2D eigenvalue weighted by Crippen LogP contribution is 2.22. The Morgan fingerprint density at radius 3 is 2.53 bits per heavy atom. The molecule has 1 aliphatic carbocycles. The maximum absolute atomic E-state index is 6.04. The highest BCUT2D eigenvalue weighted by atomic mass is 16.5. The number of rotatable bonds is 8. The summed E-state index contributed by atoms with van der Waals surface area (Å²) in [6, 6.07) is 0.726. The van der Waals surface area contributed by atoms with Crippen LogP contribution in [0.15, 0.2) is 0 Å². The van der Waals surface area contributed by atoms with Gasteiger partial charge in [-0.2, -0.15) is 0 Å². The summed E-state index contributed by atoms with van der Waals surface area (Å²) in [6.45, 7) is 6.33. The second-order valence-electron chi connectivity index (χ2n) is 5.16. The van der Waals surface area contributed by atoms with Crippen LogP contribution < -0.4 is 5.32 Å². The highest BCUT2D eigenvalue weighted by molar-refractivity contribution is 4.77. The Morgan fingerprint density at radius 2 is 1.94 bits per heavy atom. The fraction of sp³-hybridized carbons (Fsp3) is 1.00. The number of hydrogen-bond donors (Lipinski definition) is 1. The minimum atomic E-state index is 0.333. The molecular weight excluding hydrogens is 214 g/mol. The van der Waals surface area contributed by atoms with Gasteiger partial charge < -0.3 is 14.8 Å². The van der Waals surface area contributed by atoms with Crippen LogP contribution in [0.25, 0.3) is 0 Å². The fourth-order valence-electron chi connectivity index (χ4n) is 2.43. The van der Waals surface area contributed by atoms with Gasteiger partial charge in [-0.1, -0.05) is 6.92 Å². The van der Waals surface area contributed by atoms with Crippen LogP contribution in [-0.4, -0.2) is 38.5 Å². The molecule has 0 saturated heterocycles. The van der Waals surface area contributed by atoms with E-state index in [1.807, 2.05) is 0 Å². The van der Waals surface area contributed by atoms with Crippen molar-refractivity contribution < 1.29 is 9.47 Å². The minimum absolute atomic E-state index is 0.333. The molecule has 3 heteroatoms. The van der Waals surface area contributed by atoms with Gasteiger partial charge in [-0.05, 0) is 52.0 Å². The van der Waals surface area contributed by atoms with Gasteiger partial charge in [0.1, 0.15) is 0 Å². The predicted molar refractivity (Wildman–Crippen MR) is 71.4 cm³/mol. The summed E-state index contributed by atoms with van der Waals surface area (Å²) in [5.74, 6) is 0. The molecule has 1 N–H and O–H groups in total. The van der Waals surface area contributed by atoms with Crippen LogP contribution in [0.3, 0.4) is 0 Å². The van der Waals surface area contributed by atoms with Crippen molar-refractivity contribution in [1.29, 1.82) is 0 Å². The molecule has 0 bridgehead atoms. The largest absolute Gasteiger partial charge is 0.385 e. The highest BCUT2D eigenvalue weighted by Gasteiger charge is 2.22. The van der Waals surface area contributed by atoms with Crippen LogP contribution in [0, 0.1) is 0 Å². The second-order valence-corrected chi connectivity index (χ2v) is 5.16. The van der Waals surface area contributed by atoms with E-state index in [9.17, 15) is 0 Å². The zero-order valence-electron chi connectivity index (χ0n) is 11.7. The van der Waals surface area contributed by atoms with Crippen molar-refractivity contribution in [2.45, 2.75) is 70.6 Å². The van der Waals surface area contributed by atoms with E-state index in [1.165, 1.54) is 32.1 Å². The topological polar surface area (TPSA) is 30.5 Å². The Bertz CT molecular complexity index is 179. The molecule has 1 atom stereocenters. The molecule has 0 aromatic rings. The number of ether oxygens (including phenoxy) is 2. The van der Waals surface area contributed by atoms with Crippen molar-refractivity contribution in [1.82, 2.24) is 5.32 Å². The van der Waals surface area contributed by atoms with Gasteiger partial charge in [0, 0.05) is 19.8 Å². The van der Waals surface area contributed by atoms with E-state index in [4.69, 9.17) is 9.47 Å². The molecule has 1 saturated carbocycles. The second kappa shape index (κ2) is 8.90. The molecule has 0 aromatic carbocycles. The summed E-state index contributed by atoms with van der Waals surface area (Å²) < 4.78 is 11.1. The smallest absolute Gasteiger partial charge is 0.0580 e. The lowest BCUT2D eigenvalue weighted by Crippen LogP contribution is -2.36. The van der Waals surface area contributed by atoms with E-state index < -0.39 is 0 Å². The van der Waals surface area contributed by atoms with Gasteiger partial charge in [-0.25, -0.2) is 0 Å². The third-order valence-electron chi connectivity index (χ3n) is 3.51. The van der Waals surface area contributed by atoms with Gasteiger partial charge in [0.25, 0.3) is 0 Å². The third-order valence-corrected chi connectivity index (χ3v) is 3.51. The summed E-state index contributed by atoms with van der Waals surface area (Å²) in [6.07, 6.45) is 7.98. The molecule has 102 valence electrons. The van der Waals surface area contributed by atoms with Gasteiger partial charge in [-0.3, -0.25) is 0 Å². The molecular formula is C14H29NO2. The van der Waals surface area contributed by atoms with Gasteiger partial charge in [-0.15, -0.1) is 0 Å². The summed E-state index contributed by atoms with van der Waals surface area (Å²) in [5.41, 5.74) is 0. The molecule has 0 radical (unpaired) electrons. The maximum Gasteiger partial charge on any atom is 0.0580 e. The van der Waals surface area contributed by atoms with Crippen molar-refractivity contribution in [3.8, 4) is 0 Å². The summed E-state index contributed by atoms with van der Waals surface area (Å²) in [7, 11) is 1.75. The summed E-state index contributed by atoms with van der Waals surface area (Å²) in [4.78, 5) is 0. The van der Waals surface area contributed by atoms with Crippen LogP contribution in [0.5, 0.6) is 0 Å². The van der Waals surface area contributed by atoms with Crippen molar-refractivity contribution in [3.05, 3.63) is 0 Å². The van der Waals surface area contributed by atoms with E-state index in [1.54, 1.807) is 7.11 Å². The number of methoxy groups -OCH3 is 1. The van der Waals surface area contributed by atoms with Gasteiger partial charge in [0.15, 0.2) is 0 Å². The van der Waals surface area contributed by atoms with Crippen LogP contribution in [0.4, 0.5) is 0 Å². The number of nitrogens with one attached hydrogen (secondary N) is 1. The van der Waals surface area contributed by atoms with Crippen LogP contribution in [-0.2, 0) is 9.47 Å². The van der Waals surface area contributed by atoms with Crippen molar-refractivity contribution in [2.24, 2.45) is 0 Å². The lowest BCUT2D eigenvalue weighted by molar-refractivity contribution is -0.0358. The van der Waals surface area contributed by atoms with E-state index >= 15 is 0 Å². The Kier molecular flexibility index (Phi) is 7.82. The quantitative estimate of drug-likeness (QED) is 0.711. The third kappa shape index (κ3) is 6.39. The van der Waals surface area contributed by atoms with Gasteiger partial charge >= 0.3 is 0 Å². The molecule has 1 rings (SSSR count). The lowest BCUT2D eigenvalue weighted by atomic mass is 9.92. The maximum atomic E-state index is 6.04. The molecule has 0 heterocycles. The number of hydrogen-bond acceptors (Lipinski definition) is 3. The lowest BCUT2D eigenvalue weighted by Gasteiger charge is -2.31. The standard InChI is InChI=1S/C14H29NO2/c1-4-10-15-13-5-7-14(8-6-13)17-12(2)9-11-16-3/h12-15H,4-11H2,1-3H3. The molecule has 0 spiro atoms. The Labute approximate surface area is 106 Å². The van der Waals surface area contributed by atoms with Crippen LogP contribution >= 0.6 is 0 Å². The monoisotopic (exact) mass is 243 g/mol. The predicted octanol–water partition coefficient (Wildman–Crippen LogP) is 2.74. The molecule has 17 heavy (non-hydrogen) atoms. The average Bonchev–Trinajstić information content (AvgIpc) is 2.35. The normalized spacial score (nSPS) is 27.0. The molecule has 3 nitrogen and oxygen atoms in total. The Hall–Kier alpha value is -0.120. The molecule has 0 amide bonds. The van der Waals surface area contributed by atoms with Crippen molar-refractivity contribution in [3.63, 3.8) is 0 Å². The van der Waals surface area contributed by atoms with Crippen LogP contribution in [0.2, 0.25) is 0 Å². The first-order valence-electron chi connectivity index (χ1n) is 7.14. The zero-order valence-corrected chi connectivity index (χ0v) is 11.7. The van der Waals surface area contributed by atoms with Crippen molar-refractivity contribution >= 4 is 0 Å². The fourth-order valence-corrected chi connectivity index (χ4v) is 2.43. The Morgan fingerprint density at radius 1 is 1.24 bits per heavy atom. The van der Waals surface area contributed by atoms with Gasteiger partial charge in [0.05, 0.1) is 12.2 Å². The summed E-state index contributed by atoms with van der Waals surface area (Å²) in [5, 5.41) is 3.60. The molecule has 0 aromatic heterocycles. The molecule has 1 unspecified atom stereocenters. The first kappa shape index (κ1) is 14.9. The molecule has 1 fully saturated rings. The van der Waals surface area contributed by atoms with Crippen LogP contribution in [0.1, 0.15) is 52.4 Å². The first-order valence-corrected chi connectivity index (χ1v) is 7.14. The first-order chi connectivity index (χ1) is 8.26. The van der Waals surface area contributed by atoms with E-state index in [-0.39, 0.29) is 0 Å².